The monoisotopic (exact) mass is 402 g/mol. The predicted octanol–water partition coefficient (Wildman–Crippen LogP) is 3.96. The van der Waals surface area contributed by atoms with E-state index in [2.05, 4.69) is 11.4 Å². The highest BCUT2D eigenvalue weighted by atomic mass is 32.2. The molecule has 4 rings (SSSR count). The molecule has 146 valence electrons. The number of nitrogens with one attached hydrogen (secondary N) is 1. The molecule has 4 atom stereocenters. The molecular weight excluding hydrogens is 382 g/mol. The lowest BCUT2D eigenvalue weighted by atomic mass is 9.78. The van der Waals surface area contributed by atoms with Gasteiger partial charge < -0.3 is 5.32 Å². The fourth-order valence-corrected chi connectivity index (χ4v) is 5.27. The second-order valence-electron chi connectivity index (χ2n) is 7.77. The first-order chi connectivity index (χ1) is 13.3. The molecule has 0 radical (unpaired) electrons. The molecule has 2 aromatic carbocycles. The Morgan fingerprint density at radius 1 is 1.29 bits per heavy atom. The average Bonchev–Trinajstić information content (AvgIpc) is 3.26. The van der Waals surface area contributed by atoms with Crippen LogP contribution in [0.2, 0.25) is 0 Å². The van der Waals surface area contributed by atoms with Crippen molar-refractivity contribution >= 4 is 15.5 Å². The van der Waals surface area contributed by atoms with Gasteiger partial charge in [0.05, 0.1) is 17.7 Å². The third kappa shape index (κ3) is 3.49. The lowest BCUT2D eigenvalue weighted by Crippen LogP contribution is -2.17. The van der Waals surface area contributed by atoms with E-state index in [9.17, 15) is 22.5 Å². The van der Waals surface area contributed by atoms with E-state index in [-0.39, 0.29) is 29.4 Å². The molecule has 1 saturated carbocycles. The summed E-state index contributed by atoms with van der Waals surface area (Å²) in [6.07, 6.45) is 1.88. The van der Waals surface area contributed by atoms with Gasteiger partial charge in [0.2, 0.25) is 0 Å². The Morgan fingerprint density at radius 2 is 2.07 bits per heavy atom. The van der Waals surface area contributed by atoms with E-state index < -0.39 is 21.5 Å². The minimum atomic E-state index is -3.20. The maximum absolute atomic E-state index is 14.6. The summed E-state index contributed by atoms with van der Waals surface area (Å²) in [5.41, 5.74) is 2.81. The van der Waals surface area contributed by atoms with Gasteiger partial charge in [-0.2, -0.15) is 5.26 Å². The zero-order valence-electron chi connectivity index (χ0n) is 15.3. The zero-order valence-corrected chi connectivity index (χ0v) is 16.1. The number of anilines is 1. The second kappa shape index (κ2) is 6.85. The first kappa shape index (κ1) is 18.9. The highest BCUT2D eigenvalue weighted by Crippen LogP contribution is 2.56. The number of hydrogen-bond donors (Lipinski definition) is 1. The average molecular weight is 402 g/mol. The number of benzene rings is 2. The lowest BCUT2D eigenvalue weighted by molar-refractivity contribution is 0.470. The largest absolute Gasteiger partial charge is 0.384 e. The van der Waals surface area contributed by atoms with Crippen molar-refractivity contribution in [3.05, 3.63) is 64.7 Å². The Morgan fingerprint density at radius 3 is 2.71 bits per heavy atom. The molecule has 0 amide bonds. The van der Waals surface area contributed by atoms with Gasteiger partial charge in [0.1, 0.15) is 11.6 Å². The summed E-state index contributed by atoms with van der Waals surface area (Å²) in [5, 5.41) is 12.6. The molecule has 1 N–H and O–H groups in total. The maximum Gasteiger partial charge on any atom is 0.151 e. The molecule has 2 aliphatic rings. The van der Waals surface area contributed by atoms with Gasteiger partial charge in [-0.25, -0.2) is 17.2 Å². The molecule has 4 nitrogen and oxygen atoms in total. The number of fused-ring (bicyclic) bond motifs is 1. The minimum absolute atomic E-state index is 0.00118. The molecule has 28 heavy (non-hydrogen) atoms. The van der Waals surface area contributed by atoms with Crippen LogP contribution in [0.3, 0.4) is 0 Å². The number of nitriles is 1. The molecule has 0 aromatic heterocycles. The number of nitrogens with zero attached hydrogens (tertiary/aromatic N) is 1. The van der Waals surface area contributed by atoms with E-state index >= 15 is 0 Å². The molecule has 0 bridgehead atoms. The van der Waals surface area contributed by atoms with Crippen molar-refractivity contribution in [3.63, 3.8) is 0 Å². The van der Waals surface area contributed by atoms with E-state index in [0.29, 0.717) is 24.1 Å². The normalized spacial score (nSPS) is 24.1. The Hall–Kier alpha value is -2.46. The van der Waals surface area contributed by atoms with Crippen molar-refractivity contribution in [1.29, 1.82) is 5.26 Å². The van der Waals surface area contributed by atoms with Gasteiger partial charge in [-0.05, 0) is 41.0 Å². The maximum atomic E-state index is 14.6. The van der Waals surface area contributed by atoms with E-state index in [1.165, 1.54) is 18.4 Å². The van der Waals surface area contributed by atoms with Crippen LogP contribution in [0.1, 0.15) is 34.9 Å². The lowest BCUT2D eigenvalue weighted by Gasteiger charge is -2.25. The fourth-order valence-electron chi connectivity index (χ4n) is 4.47. The number of sulfone groups is 1. The number of para-hydroxylation sites is 1. The van der Waals surface area contributed by atoms with E-state index in [1.54, 1.807) is 6.07 Å². The Kier molecular flexibility index (Phi) is 4.62. The summed E-state index contributed by atoms with van der Waals surface area (Å²) in [6.45, 7) is 0.520. The number of hydrogen-bond acceptors (Lipinski definition) is 4. The quantitative estimate of drug-likeness (QED) is 0.822. The molecule has 4 unspecified atom stereocenters. The molecule has 1 aliphatic heterocycles. The van der Waals surface area contributed by atoms with Crippen LogP contribution in [-0.2, 0) is 15.6 Å². The van der Waals surface area contributed by atoms with E-state index in [4.69, 9.17) is 0 Å². The highest BCUT2D eigenvalue weighted by Gasteiger charge is 2.49. The van der Waals surface area contributed by atoms with Crippen LogP contribution >= 0.6 is 0 Å². The van der Waals surface area contributed by atoms with Crippen LogP contribution in [0.5, 0.6) is 0 Å². The summed E-state index contributed by atoms with van der Waals surface area (Å²) in [6, 6.07) is 11.4. The smallest absolute Gasteiger partial charge is 0.151 e. The van der Waals surface area contributed by atoms with Gasteiger partial charge in [-0.1, -0.05) is 24.3 Å². The minimum Gasteiger partial charge on any atom is -0.384 e. The first-order valence-corrected chi connectivity index (χ1v) is 11.2. The second-order valence-corrected chi connectivity index (χ2v) is 9.91. The summed E-state index contributed by atoms with van der Waals surface area (Å²) in [4.78, 5) is 0. The zero-order chi connectivity index (χ0) is 20.1. The molecule has 1 aliphatic carbocycles. The predicted molar refractivity (Wildman–Crippen MR) is 103 cm³/mol. The van der Waals surface area contributed by atoms with Crippen molar-refractivity contribution in [2.45, 2.75) is 24.0 Å². The van der Waals surface area contributed by atoms with Crippen LogP contribution in [-0.4, -0.2) is 21.2 Å². The fraction of sp³-hybridized carbons (Fsp3) is 0.381. The number of rotatable bonds is 5. The van der Waals surface area contributed by atoms with Crippen LogP contribution < -0.4 is 5.32 Å². The first-order valence-electron chi connectivity index (χ1n) is 9.16. The number of halogens is 2. The molecule has 1 heterocycles. The van der Waals surface area contributed by atoms with Gasteiger partial charge in [0.25, 0.3) is 0 Å². The van der Waals surface area contributed by atoms with Crippen molar-refractivity contribution in [2.75, 3.05) is 18.1 Å². The third-order valence-corrected chi connectivity index (χ3v) is 6.56. The summed E-state index contributed by atoms with van der Waals surface area (Å²) < 4.78 is 51.6. The summed E-state index contributed by atoms with van der Waals surface area (Å²) in [7, 11) is -3.20. The van der Waals surface area contributed by atoms with E-state index in [0.717, 1.165) is 17.3 Å². The van der Waals surface area contributed by atoms with Crippen molar-refractivity contribution in [1.82, 2.24) is 0 Å². The van der Waals surface area contributed by atoms with E-state index in [1.807, 2.05) is 12.1 Å². The molecule has 0 spiro atoms. The van der Waals surface area contributed by atoms with Crippen LogP contribution in [0.25, 0.3) is 0 Å². The summed E-state index contributed by atoms with van der Waals surface area (Å²) >= 11 is 0. The van der Waals surface area contributed by atoms with Crippen LogP contribution in [0.15, 0.2) is 36.4 Å². The molecule has 7 heteroatoms. The Bertz CT molecular complexity index is 1080. The summed E-state index contributed by atoms with van der Waals surface area (Å²) in [5.74, 6) is -1.83. The van der Waals surface area contributed by atoms with Crippen molar-refractivity contribution in [2.24, 2.45) is 11.8 Å². The molecule has 1 fully saturated rings. The SMILES string of the molecule is CS(=O)(=O)Cc1cccc2c1NCC2C(c1ccc(F)cc1F)C1CC1C#N. The molecular formula is C21H20F2N2O2S. The third-order valence-electron chi connectivity index (χ3n) is 5.72. The van der Waals surface area contributed by atoms with Gasteiger partial charge in [-0.15, -0.1) is 0 Å². The van der Waals surface area contributed by atoms with Gasteiger partial charge in [-0.3, -0.25) is 0 Å². The van der Waals surface area contributed by atoms with Gasteiger partial charge in [0.15, 0.2) is 9.84 Å². The Balaban J connectivity index is 1.77. The molecule has 2 aromatic rings. The standard InChI is InChI=1S/C21H20F2N2O2S/c1-28(26,27)11-12-3-2-4-15-18(10-25-21(12)15)20(17-7-13(17)9-24)16-6-5-14(22)8-19(16)23/h2-6,8,13,17-18,20,25H,7,10-11H2,1H3. The molecule has 0 saturated heterocycles. The topological polar surface area (TPSA) is 70.0 Å². The van der Waals surface area contributed by atoms with Crippen molar-refractivity contribution < 1.29 is 17.2 Å². The van der Waals surface area contributed by atoms with Crippen molar-refractivity contribution in [3.8, 4) is 6.07 Å². The Labute approximate surface area is 163 Å². The van der Waals surface area contributed by atoms with Gasteiger partial charge >= 0.3 is 0 Å². The van der Waals surface area contributed by atoms with Crippen LogP contribution in [0, 0.1) is 34.8 Å². The highest BCUT2D eigenvalue weighted by molar-refractivity contribution is 7.89. The van der Waals surface area contributed by atoms with Gasteiger partial charge in [0, 0.05) is 30.5 Å². The van der Waals surface area contributed by atoms with Crippen LogP contribution in [0.4, 0.5) is 14.5 Å².